The Morgan fingerprint density at radius 2 is 1.39 bits per heavy atom. The van der Waals surface area contributed by atoms with Crippen LogP contribution in [0.4, 0.5) is 0 Å². The molecule has 2 aromatic carbocycles. The predicted octanol–water partition coefficient (Wildman–Crippen LogP) is 3.06. The summed E-state index contributed by atoms with van der Waals surface area (Å²) in [6.07, 6.45) is 2.79. The molecule has 15 nitrogen and oxygen atoms in total. The minimum absolute atomic E-state index is 0.0320. The summed E-state index contributed by atoms with van der Waals surface area (Å²) in [5.74, 6) is -1.47. The van der Waals surface area contributed by atoms with Crippen LogP contribution in [-0.4, -0.2) is 152 Å². The quantitative estimate of drug-likeness (QED) is 0.0972. The van der Waals surface area contributed by atoms with E-state index >= 15 is 0 Å². The minimum Gasteiger partial charge on any atom is -0.480 e. The van der Waals surface area contributed by atoms with Gasteiger partial charge in [-0.2, -0.15) is 0 Å². The van der Waals surface area contributed by atoms with Gasteiger partial charge in [0, 0.05) is 64.7 Å². The van der Waals surface area contributed by atoms with Gasteiger partial charge in [0.05, 0.1) is 24.0 Å². The molecule has 16 heteroatoms. The molecule has 1 heterocycles. The zero-order chi connectivity index (χ0) is 41.4. The number of benzene rings is 2. The average molecular weight is 815 g/mol. The molecule has 4 rings (SSSR count). The standard InChI is InChI=1S/C41H62N6O9S/c1-3-45-24-22-44(2)23-25-46(28-29-47(27-26-45)31-38(49)50)30-33(48)10-6-4-9-13-37(42)39(51)32-18-20-41(21-19-32,40(52)43-53)57(54,55)36-16-14-35(15-17-36)56-34-11-7-5-8-12-34/h5,7-8,11-12,14-17,32,37,53H,3-4,6,9-10,13,18-31,42H2,1-2H3,(H,43,52)(H,49,50)/t32?,37-,41?/m0/s1. The van der Waals surface area contributed by atoms with Crippen LogP contribution in [0.1, 0.15) is 64.7 Å². The smallest absolute Gasteiger partial charge is 0.317 e. The van der Waals surface area contributed by atoms with Crippen molar-refractivity contribution in [2.45, 2.75) is 80.4 Å². The van der Waals surface area contributed by atoms with E-state index in [1.807, 2.05) is 23.1 Å². The van der Waals surface area contributed by atoms with Gasteiger partial charge in [0.25, 0.3) is 5.91 Å². The Hall–Kier alpha value is -3.77. The Balaban J connectivity index is 1.23. The van der Waals surface area contributed by atoms with Crippen molar-refractivity contribution in [3.63, 3.8) is 0 Å². The highest BCUT2D eigenvalue weighted by atomic mass is 32.2. The second-order valence-corrected chi connectivity index (χ2v) is 17.7. The van der Waals surface area contributed by atoms with Crippen molar-refractivity contribution in [1.29, 1.82) is 0 Å². The second-order valence-electron chi connectivity index (χ2n) is 15.4. The van der Waals surface area contributed by atoms with Gasteiger partial charge in [-0.1, -0.05) is 38.0 Å². The molecule has 1 aliphatic heterocycles. The molecule has 0 aromatic heterocycles. The molecule has 1 aliphatic carbocycles. The Morgan fingerprint density at radius 3 is 1.98 bits per heavy atom. The summed E-state index contributed by atoms with van der Waals surface area (Å²) in [6.45, 7) is 9.23. The molecule has 316 valence electrons. The number of rotatable bonds is 18. The number of carboxylic acids is 1. The lowest BCUT2D eigenvalue weighted by molar-refractivity contribution is -0.138. The fourth-order valence-corrected chi connectivity index (χ4v) is 9.73. The van der Waals surface area contributed by atoms with Gasteiger partial charge >= 0.3 is 5.97 Å². The van der Waals surface area contributed by atoms with E-state index in [1.165, 1.54) is 24.3 Å². The van der Waals surface area contributed by atoms with E-state index in [1.54, 1.807) is 17.6 Å². The van der Waals surface area contributed by atoms with Gasteiger partial charge in [-0.3, -0.25) is 34.2 Å². The maximum atomic E-state index is 13.9. The number of para-hydroxylation sites is 1. The number of ether oxygens (including phenoxy) is 1. The first-order valence-electron chi connectivity index (χ1n) is 20.2. The van der Waals surface area contributed by atoms with Gasteiger partial charge in [-0.05, 0) is 88.5 Å². The lowest BCUT2D eigenvalue weighted by Crippen LogP contribution is -2.54. The molecule has 1 saturated heterocycles. The van der Waals surface area contributed by atoms with E-state index in [9.17, 15) is 37.9 Å². The van der Waals surface area contributed by atoms with Crippen LogP contribution in [0.2, 0.25) is 0 Å². The fourth-order valence-electron chi connectivity index (χ4n) is 7.72. The van der Waals surface area contributed by atoms with Crippen molar-refractivity contribution in [2.24, 2.45) is 11.7 Å². The monoisotopic (exact) mass is 814 g/mol. The SMILES string of the molecule is CCN1CCN(C)CCN(CC(=O)CCCCC[C@H](N)C(=O)C2CCC(C(=O)NO)(S(=O)(=O)c3ccc(Oc4ccccc4)cc3)CC2)CCN(CC(=O)O)CC1. The van der Waals surface area contributed by atoms with Crippen molar-refractivity contribution >= 4 is 33.3 Å². The number of sulfone groups is 1. The number of amides is 1. The first kappa shape index (κ1) is 45.9. The third-order valence-corrected chi connectivity index (χ3v) is 14.0. The van der Waals surface area contributed by atoms with Crippen molar-refractivity contribution in [1.82, 2.24) is 25.1 Å². The van der Waals surface area contributed by atoms with Gasteiger partial charge in [0.15, 0.2) is 20.4 Å². The van der Waals surface area contributed by atoms with Crippen molar-refractivity contribution < 1.29 is 42.6 Å². The lowest BCUT2D eigenvalue weighted by Gasteiger charge is -2.37. The maximum absolute atomic E-state index is 13.9. The molecular weight excluding hydrogens is 753 g/mol. The number of likely N-dealkylation sites (N-methyl/N-ethyl adjacent to an activating group) is 2. The minimum atomic E-state index is -4.28. The van der Waals surface area contributed by atoms with Crippen molar-refractivity contribution in [3.8, 4) is 11.5 Å². The van der Waals surface area contributed by atoms with Gasteiger partial charge in [-0.15, -0.1) is 0 Å². The number of hydrogen-bond donors (Lipinski definition) is 4. The lowest BCUT2D eigenvalue weighted by atomic mass is 9.77. The van der Waals surface area contributed by atoms with Gasteiger partial charge in [0.1, 0.15) is 17.3 Å². The maximum Gasteiger partial charge on any atom is 0.317 e. The number of unbranched alkanes of at least 4 members (excludes halogenated alkanes) is 2. The van der Waals surface area contributed by atoms with Gasteiger partial charge < -0.3 is 25.4 Å². The van der Waals surface area contributed by atoms with Crippen LogP contribution in [0.15, 0.2) is 59.5 Å². The van der Waals surface area contributed by atoms with Crippen LogP contribution < -0.4 is 16.0 Å². The van der Waals surface area contributed by atoms with E-state index in [0.717, 1.165) is 32.7 Å². The summed E-state index contributed by atoms with van der Waals surface area (Å²) >= 11 is 0. The zero-order valence-corrected chi connectivity index (χ0v) is 34.3. The van der Waals surface area contributed by atoms with E-state index < -0.39 is 38.4 Å². The fraction of sp³-hybridized carbons (Fsp3) is 0.610. The topological polar surface area (TPSA) is 203 Å². The summed E-state index contributed by atoms with van der Waals surface area (Å²) in [5.41, 5.74) is 7.89. The Kier molecular flexibility index (Phi) is 18.0. The van der Waals surface area contributed by atoms with Crippen LogP contribution in [0.5, 0.6) is 11.5 Å². The molecule has 2 aliphatic rings. The highest BCUT2D eigenvalue weighted by molar-refractivity contribution is 7.93. The summed E-state index contributed by atoms with van der Waals surface area (Å²) in [5, 5.41) is 19.0. The third kappa shape index (κ3) is 13.4. The number of ketones is 2. The molecule has 1 amide bonds. The predicted molar refractivity (Wildman–Crippen MR) is 216 cm³/mol. The van der Waals surface area contributed by atoms with E-state index in [2.05, 4.69) is 28.7 Å². The summed E-state index contributed by atoms with van der Waals surface area (Å²) in [7, 11) is -2.20. The number of nitrogens with zero attached hydrogens (tertiary/aromatic N) is 4. The molecule has 5 N–H and O–H groups in total. The molecule has 2 fully saturated rings. The summed E-state index contributed by atoms with van der Waals surface area (Å²) in [4.78, 5) is 59.5. The van der Waals surface area contributed by atoms with E-state index in [-0.39, 0.29) is 48.7 Å². The number of carboxylic acid groups (broad SMARTS) is 1. The Bertz CT molecular complexity index is 1700. The third-order valence-electron chi connectivity index (χ3n) is 11.4. The van der Waals surface area contributed by atoms with E-state index in [0.29, 0.717) is 76.3 Å². The number of nitrogens with two attached hydrogens (primary N) is 1. The van der Waals surface area contributed by atoms with Crippen LogP contribution in [-0.2, 0) is 29.0 Å². The normalized spacial score (nSPS) is 21.8. The Labute approximate surface area is 337 Å². The summed E-state index contributed by atoms with van der Waals surface area (Å²) < 4.78 is 31.7. The van der Waals surface area contributed by atoms with E-state index in [4.69, 9.17) is 10.5 Å². The van der Waals surface area contributed by atoms with Gasteiger partial charge in [-0.25, -0.2) is 13.9 Å². The number of carbonyl (C=O) groups is 4. The largest absolute Gasteiger partial charge is 0.480 e. The first-order chi connectivity index (χ1) is 27.3. The number of carbonyl (C=O) groups excluding carboxylic acids is 3. The number of Topliss-reactive ketones (excluding diaryl/α,β-unsaturated/α-hetero) is 2. The second kappa shape index (κ2) is 22.4. The number of hydrogen-bond acceptors (Lipinski definition) is 13. The van der Waals surface area contributed by atoms with Gasteiger partial charge in [0.2, 0.25) is 0 Å². The van der Waals surface area contributed by atoms with Crippen LogP contribution in [0.25, 0.3) is 0 Å². The molecule has 2 aromatic rings. The molecule has 0 radical (unpaired) electrons. The molecule has 0 spiro atoms. The molecule has 57 heavy (non-hydrogen) atoms. The van der Waals surface area contributed by atoms with Crippen molar-refractivity contribution in [2.75, 3.05) is 79.0 Å². The summed E-state index contributed by atoms with van der Waals surface area (Å²) in [6, 6.07) is 14.0. The van der Waals surface area contributed by atoms with Crippen LogP contribution in [0, 0.1) is 5.92 Å². The Morgan fingerprint density at radius 1 is 0.825 bits per heavy atom. The van der Waals surface area contributed by atoms with Crippen LogP contribution in [0.3, 0.4) is 0 Å². The molecule has 0 bridgehead atoms. The van der Waals surface area contributed by atoms with Crippen LogP contribution >= 0.6 is 0 Å². The molecular formula is C41H62N6O9S. The highest BCUT2D eigenvalue weighted by Crippen LogP contribution is 2.42. The highest BCUT2D eigenvalue weighted by Gasteiger charge is 2.54. The zero-order valence-electron chi connectivity index (χ0n) is 33.5. The molecule has 1 atom stereocenters. The number of hydroxylamine groups is 1. The van der Waals surface area contributed by atoms with Crippen molar-refractivity contribution in [3.05, 3.63) is 54.6 Å². The molecule has 0 unspecified atom stereocenters. The first-order valence-corrected chi connectivity index (χ1v) is 21.7. The molecule has 1 saturated carbocycles. The number of aliphatic carboxylic acids is 1. The number of nitrogens with one attached hydrogen (secondary N) is 1. The average Bonchev–Trinajstić information content (AvgIpc) is 3.20.